The van der Waals surface area contributed by atoms with Gasteiger partial charge in [0, 0.05) is 10.6 Å². The third kappa shape index (κ3) is 3.51. The van der Waals surface area contributed by atoms with Crippen LogP contribution in [0.5, 0.6) is 0 Å². The normalized spacial score (nSPS) is 11.1. The zero-order valence-corrected chi connectivity index (χ0v) is 12.0. The van der Waals surface area contributed by atoms with Crippen molar-refractivity contribution in [2.24, 2.45) is 5.10 Å². The van der Waals surface area contributed by atoms with E-state index in [-0.39, 0.29) is 12.5 Å². The average molecular weight is 276 g/mol. The van der Waals surface area contributed by atoms with Crippen molar-refractivity contribution < 1.29 is 4.79 Å². The summed E-state index contributed by atoms with van der Waals surface area (Å²) in [6.45, 7) is 6.01. The molecule has 0 saturated heterocycles. The molecule has 6 heteroatoms. The maximum Gasteiger partial charge on any atom is 0.261 e. The van der Waals surface area contributed by atoms with Crippen molar-refractivity contribution in [3.63, 3.8) is 0 Å². The van der Waals surface area contributed by atoms with Gasteiger partial charge in [-0.2, -0.15) is 10.2 Å². The standard InChI is InChI=1S/C13H16N4OS/c1-9-4-5-19-12(9)7-14-15-13(18)8-17-11(3)6-10(2)16-17/h4-7H,8H2,1-3H3,(H,15,18)/b14-7+. The SMILES string of the molecule is Cc1cc(C)n(CC(=O)N/N=C/c2sccc2C)n1. The molecule has 0 atom stereocenters. The van der Waals surface area contributed by atoms with Crippen molar-refractivity contribution in [1.82, 2.24) is 15.2 Å². The zero-order chi connectivity index (χ0) is 13.8. The van der Waals surface area contributed by atoms with Crippen LogP contribution in [0, 0.1) is 20.8 Å². The zero-order valence-electron chi connectivity index (χ0n) is 11.2. The molecule has 2 heterocycles. The van der Waals surface area contributed by atoms with E-state index in [1.165, 1.54) is 0 Å². The first-order valence-corrected chi connectivity index (χ1v) is 6.81. The first kappa shape index (κ1) is 13.5. The van der Waals surface area contributed by atoms with E-state index in [4.69, 9.17) is 0 Å². The van der Waals surface area contributed by atoms with Gasteiger partial charge in [0.1, 0.15) is 6.54 Å². The van der Waals surface area contributed by atoms with Crippen LogP contribution in [0.2, 0.25) is 0 Å². The molecule has 100 valence electrons. The molecule has 0 saturated carbocycles. The topological polar surface area (TPSA) is 59.3 Å². The highest BCUT2D eigenvalue weighted by molar-refractivity contribution is 7.11. The van der Waals surface area contributed by atoms with Crippen LogP contribution in [0.1, 0.15) is 21.8 Å². The molecule has 0 aromatic carbocycles. The lowest BCUT2D eigenvalue weighted by Gasteiger charge is -2.02. The van der Waals surface area contributed by atoms with E-state index in [1.807, 2.05) is 38.3 Å². The van der Waals surface area contributed by atoms with E-state index in [0.717, 1.165) is 21.8 Å². The number of carbonyl (C=O) groups is 1. The van der Waals surface area contributed by atoms with Crippen LogP contribution in [0.3, 0.4) is 0 Å². The van der Waals surface area contributed by atoms with Gasteiger partial charge < -0.3 is 0 Å². The molecule has 0 aliphatic carbocycles. The number of hydrogen-bond acceptors (Lipinski definition) is 4. The molecule has 2 rings (SSSR count). The van der Waals surface area contributed by atoms with Gasteiger partial charge in [-0.25, -0.2) is 5.43 Å². The first-order valence-electron chi connectivity index (χ1n) is 5.93. The van der Waals surface area contributed by atoms with Gasteiger partial charge in [-0.15, -0.1) is 11.3 Å². The quantitative estimate of drug-likeness (QED) is 0.686. The molecule has 2 aromatic heterocycles. The van der Waals surface area contributed by atoms with Gasteiger partial charge in [0.15, 0.2) is 0 Å². The van der Waals surface area contributed by atoms with Crippen LogP contribution in [0.4, 0.5) is 0 Å². The van der Waals surface area contributed by atoms with Crippen LogP contribution < -0.4 is 5.43 Å². The molecule has 0 unspecified atom stereocenters. The maximum absolute atomic E-state index is 11.7. The maximum atomic E-state index is 11.7. The molecule has 19 heavy (non-hydrogen) atoms. The Balaban J connectivity index is 1.90. The summed E-state index contributed by atoms with van der Waals surface area (Å²) in [6.07, 6.45) is 1.67. The van der Waals surface area contributed by atoms with Crippen LogP contribution in [-0.4, -0.2) is 21.9 Å². The third-order valence-electron chi connectivity index (χ3n) is 2.67. The average Bonchev–Trinajstić information content (AvgIpc) is 2.86. The van der Waals surface area contributed by atoms with E-state index < -0.39 is 0 Å². The number of aromatic nitrogens is 2. The third-order valence-corrected chi connectivity index (χ3v) is 3.62. The van der Waals surface area contributed by atoms with Gasteiger partial charge >= 0.3 is 0 Å². The van der Waals surface area contributed by atoms with Gasteiger partial charge in [0.2, 0.25) is 0 Å². The molecule has 5 nitrogen and oxygen atoms in total. The summed E-state index contributed by atoms with van der Waals surface area (Å²) >= 11 is 1.59. The van der Waals surface area contributed by atoms with Crippen molar-refractivity contribution in [1.29, 1.82) is 0 Å². The Morgan fingerprint density at radius 2 is 2.32 bits per heavy atom. The van der Waals surface area contributed by atoms with Gasteiger partial charge in [0.25, 0.3) is 5.91 Å². The Bertz CT molecular complexity index is 612. The highest BCUT2D eigenvalue weighted by Gasteiger charge is 2.05. The summed E-state index contributed by atoms with van der Waals surface area (Å²) < 4.78 is 1.66. The molecule has 1 amide bonds. The Hall–Kier alpha value is -1.95. The van der Waals surface area contributed by atoms with Crippen molar-refractivity contribution in [3.8, 4) is 0 Å². The second-order valence-corrected chi connectivity index (χ2v) is 5.29. The lowest BCUT2D eigenvalue weighted by molar-refractivity contribution is -0.121. The monoisotopic (exact) mass is 276 g/mol. The van der Waals surface area contributed by atoms with Crippen molar-refractivity contribution in [2.45, 2.75) is 27.3 Å². The fourth-order valence-electron chi connectivity index (χ4n) is 1.69. The number of carbonyl (C=O) groups excluding carboxylic acids is 1. The van der Waals surface area contributed by atoms with Gasteiger partial charge in [0.05, 0.1) is 11.9 Å². The lowest BCUT2D eigenvalue weighted by Crippen LogP contribution is -2.24. The molecule has 2 aromatic rings. The fourth-order valence-corrected chi connectivity index (χ4v) is 2.47. The number of hydrazone groups is 1. The van der Waals surface area contributed by atoms with Crippen molar-refractivity contribution in [3.05, 3.63) is 39.3 Å². The van der Waals surface area contributed by atoms with E-state index in [0.29, 0.717) is 0 Å². The second-order valence-electron chi connectivity index (χ2n) is 4.35. The van der Waals surface area contributed by atoms with Crippen LogP contribution in [-0.2, 0) is 11.3 Å². The number of aryl methyl sites for hydroxylation is 3. The molecule has 0 bridgehead atoms. The molecule has 0 aliphatic heterocycles. The van der Waals surface area contributed by atoms with Crippen LogP contribution >= 0.6 is 11.3 Å². The van der Waals surface area contributed by atoms with E-state index in [9.17, 15) is 4.79 Å². The lowest BCUT2D eigenvalue weighted by atomic mass is 10.3. The van der Waals surface area contributed by atoms with Gasteiger partial charge in [-0.1, -0.05) is 0 Å². The Labute approximate surface area is 116 Å². The predicted octanol–water partition coefficient (Wildman–Crippen LogP) is 2.02. The van der Waals surface area contributed by atoms with Crippen LogP contribution in [0.15, 0.2) is 22.6 Å². The Morgan fingerprint density at radius 3 is 2.89 bits per heavy atom. The van der Waals surface area contributed by atoms with Crippen LogP contribution in [0.25, 0.3) is 0 Å². The number of thiophene rings is 1. The summed E-state index contributed by atoms with van der Waals surface area (Å²) in [5.41, 5.74) is 5.53. The largest absolute Gasteiger partial charge is 0.271 e. The minimum absolute atomic E-state index is 0.181. The highest BCUT2D eigenvalue weighted by atomic mass is 32.1. The summed E-state index contributed by atoms with van der Waals surface area (Å²) in [7, 11) is 0. The Morgan fingerprint density at radius 1 is 1.53 bits per heavy atom. The summed E-state index contributed by atoms with van der Waals surface area (Å²) in [5.74, 6) is -0.184. The molecule has 0 spiro atoms. The molecular formula is C13H16N4OS. The summed E-state index contributed by atoms with van der Waals surface area (Å²) in [4.78, 5) is 12.8. The number of nitrogens with zero attached hydrogens (tertiary/aromatic N) is 3. The van der Waals surface area contributed by atoms with Gasteiger partial charge in [-0.3, -0.25) is 9.48 Å². The summed E-state index contributed by atoms with van der Waals surface area (Å²) in [6, 6.07) is 3.95. The summed E-state index contributed by atoms with van der Waals surface area (Å²) in [5, 5.41) is 10.2. The minimum atomic E-state index is -0.184. The van der Waals surface area contributed by atoms with E-state index in [2.05, 4.69) is 15.6 Å². The number of amides is 1. The molecule has 0 aliphatic rings. The van der Waals surface area contributed by atoms with E-state index in [1.54, 1.807) is 22.2 Å². The first-order chi connectivity index (χ1) is 9.06. The van der Waals surface area contributed by atoms with Gasteiger partial charge in [-0.05, 0) is 43.8 Å². The predicted molar refractivity (Wildman–Crippen MR) is 76.5 cm³/mol. The smallest absolute Gasteiger partial charge is 0.261 e. The number of nitrogens with one attached hydrogen (secondary N) is 1. The fraction of sp³-hybridized carbons (Fsp3) is 0.308. The minimum Gasteiger partial charge on any atom is -0.271 e. The molecule has 0 fully saturated rings. The van der Waals surface area contributed by atoms with Crippen molar-refractivity contribution in [2.75, 3.05) is 0 Å². The van der Waals surface area contributed by atoms with E-state index >= 15 is 0 Å². The molecule has 0 radical (unpaired) electrons. The van der Waals surface area contributed by atoms with Crippen molar-refractivity contribution >= 4 is 23.5 Å². The number of rotatable bonds is 4. The number of hydrogen-bond donors (Lipinski definition) is 1. The molecular weight excluding hydrogens is 260 g/mol. The highest BCUT2D eigenvalue weighted by Crippen LogP contribution is 2.12. The molecule has 1 N–H and O–H groups in total. The second kappa shape index (κ2) is 5.79. The Kier molecular flexibility index (Phi) is 4.11.